The lowest BCUT2D eigenvalue weighted by Crippen LogP contribution is -2.36. The van der Waals surface area contributed by atoms with Crippen LogP contribution in [-0.2, 0) is 9.59 Å². The molecule has 0 radical (unpaired) electrons. The number of methoxy groups -OCH3 is 1. The van der Waals surface area contributed by atoms with Gasteiger partial charge in [-0.3, -0.25) is 9.59 Å². The van der Waals surface area contributed by atoms with Gasteiger partial charge in [0.05, 0.1) is 18.9 Å². The first kappa shape index (κ1) is 14.3. The molecule has 0 heterocycles. The van der Waals surface area contributed by atoms with Crippen molar-refractivity contribution in [2.24, 2.45) is 29.1 Å². The number of anilines is 1. The van der Waals surface area contributed by atoms with Gasteiger partial charge in [0.2, 0.25) is 5.91 Å². The third-order valence-corrected chi connectivity index (χ3v) is 5.77. The summed E-state index contributed by atoms with van der Waals surface area (Å²) >= 11 is 0. The number of hydrogen-bond acceptors (Lipinski definition) is 3. The van der Waals surface area contributed by atoms with Gasteiger partial charge in [0, 0.05) is 11.8 Å². The monoisotopic (exact) mass is 313 g/mol. The van der Waals surface area contributed by atoms with E-state index in [-0.39, 0.29) is 23.2 Å². The van der Waals surface area contributed by atoms with E-state index in [4.69, 9.17) is 4.74 Å². The minimum Gasteiger partial charge on any atom is -0.497 e. The van der Waals surface area contributed by atoms with Crippen LogP contribution in [0.1, 0.15) is 12.8 Å². The van der Waals surface area contributed by atoms with Gasteiger partial charge in [-0.25, -0.2) is 0 Å². The van der Waals surface area contributed by atoms with Gasteiger partial charge in [0.1, 0.15) is 5.75 Å². The fraction of sp³-hybridized carbons (Fsp3) is 0.444. The summed E-state index contributed by atoms with van der Waals surface area (Å²) in [4.78, 5) is 24.5. The summed E-state index contributed by atoms with van der Waals surface area (Å²) in [5.74, 6) is -1.45. The number of carbonyl (C=O) groups excluding carboxylic acids is 1. The zero-order valence-electron chi connectivity index (χ0n) is 12.9. The summed E-state index contributed by atoms with van der Waals surface area (Å²) in [7, 11) is 1.57. The molecule has 2 N–H and O–H groups in total. The molecule has 1 aromatic rings. The molecule has 120 valence electrons. The Morgan fingerprint density at radius 1 is 1.22 bits per heavy atom. The van der Waals surface area contributed by atoms with Crippen LogP contribution in [0.3, 0.4) is 0 Å². The molecule has 3 aliphatic rings. The fourth-order valence-electron chi connectivity index (χ4n) is 4.62. The topological polar surface area (TPSA) is 75.6 Å². The zero-order valence-corrected chi connectivity index (χ0v) is 12.9. The highest BCUT2D eigenvalue weighted by Crippen LogP contribution is 2.72. The number of benzene rings is 1. The van der Waals surface area contributed by atoms with Crippen molar-refractivity contribution < 1.29 is 19.4 Å². The van der Waals surface area contributed by atoms with Gasteiger partial charge >= 0.3 is 5.97 Å². The highest BCUT2D eigenvalue weighted by Gasteiger charge is 2.70. The molecule has 4 rings (SSSR count). The fourth-order valence-corrected chi connectivity index (χ4v) is 4.62. The summed E-state index contributed by atoms with van der Waals surface area (Å²) < 4.78 is 5.16. The van der Waals surface area contributed by atoms with Crippen molar-refractivity contribution in [1.82, 2.24) is 0 Å². The third-order valence-electron chi connectivity index (χ3n) is 5.77. The molecule has 4 atom stereocenters. The minimum absolute atomic E-state index is 0.00561. The Bertz CT molecular complexity index is 707. The molecule has 5 heteroatoms. The predicted octanol–water partition coefficient (Wildman–Crippen LogP) is 2.55. The van der Waals surface area contributed by atoms with Crippen LogP contribution in [0.4, 0.5) is 5.69 Å². The number of carboxylic acids is 1. The maximum atomic E-state index is 12.8. The molecule has 23 heavy (non-hydrogen) atoms. The molecule has 1 spiro atoms. The number of amides is 1. The first-order chi connectivity index (χ1) is 11.1. The normalized spacial score (nSPS) is 32.0. The van der Waals surface area contributed by atoms with Crippen LogP contribution in [0.15, 0.2) is 36.4 Å². The Hall–Kier alpha value is -2.30. The molecule has 1 amide bonds. The number of carboxylic acid groups (broad SMARTS) is 1. The summed E-state index contributed by atoms with van der Waals surface area (Å²) in [6, 6.07) is 7.12. The molecule has 2 bridgehead atoms. The maximum absolute atomic E-state index is 12.8. The second-order valence-electron chi connectivity index (χ2n) is 6.78. The van der Waals surface area contributed by atoms with E-state index in [0.29, 0.717) is 11.4 Å². The number of carbonyl (C=O) groups is 2. The summed E-state index contributed by atoms with van der Waals surface area (Å²) in [5, 5.41) is 12.5. The Morgan fingerprint density at radius 2 is 1.91 bits per heavy atom. The van der Waals surface area contributed by atoms with E-state index >= 15 is 0 Å². The Kier molecular flexibility index (Phi) is 3.01. The summed E-state index contributed by atoms with van der Waals surface area (Å²) in [6.45, 7) is 0. The van der Waals surface area contributed by atoms with Crippen molar-refractivity contribution in [1.29, 1.82) is 0 Å². The molecule has 5 nitrogen and oxygen atoms in total. The van der Waals surface area contributed by atoms with Crippen LogP contribution in [0.5, 0.6) is 5.75 Å². The summed E-state index contributed by atoms with van der Waals surface area (Å²) in [6.07, 6.45) is 6.14. The van der Waals surface area contributed by atoms with Crippen molar-refractivity contribution in [3.63, 3.8) is 0 Å². The van der Waals surface area contributed by atoms with Crippen molar-refractivity contribution >= 4 is 17.6 Å². The number of hydrogen-bond donors (Lipinski definition) is 2. The van der Waals surface area contributed by atoms with Crippen LogP contribution in [0.2, 0.25) is 0 Å². The lowest BCUT2D eigenvalue weighted by molar-refractivity contribution is -0.146. The number of nitrogens with one attached hydrogen (secondary N) is 1. The highest BCUT2D eigenvalue weighted by atomic mass is 16.5. The van der Waals surface area contributed by atoms with Gasteiger partial charge in [-0.2, -0.15) is 0 Å². The van der Waals surface area contributed by atoms with Gasteiger partial charge in [-0.05, 0) is 42.2 Å². The Balaban J connectivity index is 1.60. The number of rotatable bonds is 4. The number of ether oxygens (including phenoxy) is 1. The van der Waals surface area contributed by atoms with Crippen LogP contribution in [0, 0.1) is 29.1 Å². The van der Waals surface area contributed by atoms with E-state index < -0.39 is 17.8 Å². The van der Waals surface area contributed by atoms with E-state index in [2.05, 4.69) is 11.4 Å². The van der Waals surface area contributed by atoms with Gasteiger partial charge in [-0.15, -0.1) is 0 Å². The molecule has 0 saturated heterocycles. The van der Waals surface area contributed by atoms with Crippen LogP contribution >= 0.6 is 0 Å². The first-order valence-corrected chi connectivity index (χ1v) is 7.93. The molecule has 3 aliphatic carbocycles. The molecule has 2 saturated carbocycles. The van der Waals surface area contributed by atoms with Crippen molar-refractivity contribution in [2.45, 2.75) is 12.8 Å². The van der Waals surface area contributed by atoms with E-state index in [1.807, 2.05) is 6.08 Å². The second-order valence-corrected chi connectivity index (χ2v) is 6.78. The number of allylic oxidation sites excluding steroid dienone is 2. The Labute approximate surface area is 134 Å². The average Bonchev–Trinajstić information content (AvgIpc) is 3.20. The van der Waals surface area contributed by atoms with Crippen molar-refractivity contribution in [2.75, 3.05) is 12.4 Å². The standard InChI is InChI=1S/C18H19NO4/c1-23-11-4-2-3-10(9-11)19-16(20)14-12-5-6-13(15(14)17(21)22)18(12)7-8-18/h2-6,9,12-15H,7-8H2,1H3,(H,19,20)(H,21,22)/t12-,13+,14-,15+/m0/s1. The van der Waals surface area contributed by atoms with Gasteiger partial charge in [0.15, 0.2) is 0 Å². The first-order valence-electron chi connectivity index (χ1n) is 7.93. The molecular weight excluding hydrogens is 294 g/mol. The predicted molar refractivity (Wildman–Crippen MR) is 84.0 cm³/mol. The molecule has 2 fully saturated rings. The smallest absolute Gasteiger partial charge is 0.307 e. The van der Waals surface area contributed by atoms with Gasteiger partial charge < -0.3 is 15.2 Å². The van der Waals surface area contributed by atoms with E-state index in [1.165, 1.54) is 0 Å². The molecule has 0 aliphatic heterocycles. The second kappa shape index (κ2) is 4.85. The molecule has 0 unspecified atom stereocenters. The van der Waals surface area contributed by atoms with Crippen LogP contribution in [-0.4, -0.2) is 24.1 Å². The third kappa shape index (κ3) is 1.99. The molecule has 0 aromatic heterocycles. The van der Waals surface area contributed by atoms with Crippen LogP contribution < -0.4 is 10.1 Å². The number of aliphatic carboxylic acids is 1. The highest BCUT2D eigenvalue weighted by molar-refractivity contribution is 5.96. The van der Waals surface area contributed by atoms with Gasteiger partial charge in [0.25, 0.3) is 0 Å². The van der Waals surface area contributed by atoms with Crippen molar-refractivity contribution in [3.8, 4) is 5.75 Å². The minimum atomic E-state index is -0.862. The molecule has 1 aromatic carbocycles. The molecular formula is C18H19NO4. The van der Waals surface area contributed by atoms with Crippen molar-refractivity contribution in [3.05, 3.63) is 36.4 Å². The van der Waals surface area contributed by atoms with E-state index in [9.17, 15) is 14.7 Å². The zero-order chi connectivity index (χ0) is 16.2. The van der Waals surface area contributed by atoms with Crippen LogP contribution in [0.25, 0.3) is 0 Å². The lowest BCUT2D eigenvalue weighted by atomic mass is 9.82. The average molecular weight is 313 g/mol. The SMILES string of the molecule is COc1cccc(NC(=O)[C@@H]2[C@H](C(=O)O)[C@H]3C=C[C@@H]2C32CC2)c1. The summed E-state index contributed by atoms with van der Waals surface area (Å²) in [5.41, 5.74) is 0.675. The quantitative estimate of drug-likeness (QED) is 0.838. The Morgan fingerprint density at radius 3 is 2.52 bits per heavy atom. The van der Waals surface area contributed by atoms with Gasteiger partial charge in [-0.1, -0.05) is 18.2 Å². The van der Waals surface area contributed by atoms with E-state index in [0.717, 1.165) is 12.8 Å². The maximum Gasteiger partial charge on any atom is 0.307 e. The largest absolute Gasteiger partial charge is 0.497 e. The van der Waals surface area contributed by atoms with E-state index in [1.54, 1.807) is 31.4 Å². The lowest BCUT2D eigenvalue weighted by Gasteiger charge is -2.23.